The van der Waals surface area contributed by atoms with Crippen molar-refractivity contribution < 1.29 is 23.9 Å². The number of benzene rings is 2. The highest BCUT2D eigenvalue weighted by molar-refractivity contribution is 6.39. The Hall–Kier alpha value is -3.61. The molecule has 0 atom stereocenters. The van der Waals surface area contributed by atoms with Crippen molar-refractivity contribution in [3.63, 3.8) is 0 Å². The molecular formula is C22H22N2O5. The normalized spacial score (nSPS) is 15.4. The third kappa shape index (κ3) is 4.63. The SMILES string of the molecule is CCCOc1ccc(N2C(=O)NC(=O)/C(=C/c3ccc(OCC)cc3)C2=O)cc1. The van der Waals surface area contributed by atoms with Gasteiger partial charge < -0.3 is 9.47 Å². The monoisotopic (exact) mass is 394 g/mol. The highest BCUT2D eigenvalue weighted by Gasteiger charge is 2.36. The van der Waals surface area contributed by atoms with Crippen molar-refractivity contribution in [1.29, 1.82) is 0 Å². The minimum Gasteiger partial charge on any atom is -0.494 e. The van der Waals surface area contributed by atoms with Crippen molar-refractivity contribution in [2.24, 2.45) is 0 Å². The fourth-order valence-corrected chi connectivity index (χ4v) is 2.80. The molecule has 7 nitrogen and oxygen atoms in total. The molecule has 0 aliphatic carbocycles. The van der Waals surface area contributed by atoms with Crippen LogP contribution in [0.5, 0.6) is 11.5 Å². The number of hydrogen-bond donors (Lipinski definition) is 1. The van der Waals surface area contributed by atoms with Gasteiger partial charge in [-0.25, -0.2) is 9.69 Å². The summed E-state index contributed by atoms with van der Waals surface area (Å²) >= 11 is 0. The van der Waals surface area contributed by atoms with Crippen LogP contribution in [0, 0.1) is 0 Å². The Morgan fingerprint density at radius 3 is 2.14 bits per heavy atom. The standard InChI is InChI=1S/C22H22N2O5/c1-3-13-29-18-11-7-16(8-12-18)24-21(26)19(20(25)23-22(24)27)14-15-5-9-17(10-6-15)28-4-2/h5-12,14H,3-4,13H2,1-2H3,(H,23,25,27)/b19-14-. The molecule has 150 valence electrons. The summed E-state index contributed by atoms with van der Waals surface area (Å²) < 4.78 is 10.9. The van der Waals surface area contributed by atoms with Crippen molar-refractivity contribution in [3.05, 3.63) is 59.7 Å². The van der Waals surface area contributed by atoms with E-state index in [1.54, 1.807) is 48.5 Å². The van der Waals surface area contributed by atoms with Crippen LogP contribution in [-0.2, 0) is 9.59 Å². The van der Waals surface area contributed by atoms with Crippen LogP contribution in [0.1, 0.15) is 25.8 Å². The Labute approximate surface area is 168 Å². The third-order valence-corrected chi connectivity index (χ3v) is 4.17. The summed E-state index contributed by atoms with van der Waals surface area (Å²) in [4.78, 5) is 38.4. The van der Waals surface area contributed by atoms with Gasteiger partial charge in [0, 0.05) is 0 Å². The molecule has 0 radical (unpaired) electrons. The van der Waals surface area contributed by atoms with Gasteiger partial charge in [-0.3, -0.25) is 14.9 Å². The van der Waals surface area contributed by atoms with Gasteiger partial charge in [-0.15, -0.1) is 0 Å². The summed E-state index contributed by atoms with van der Waals surface area (Å²) in [6.07, 6.45) is 2.32. The lowest BCUT2D eigenvalue weighted by Crippen LogP contribution is -2.54. The summed E-state index contributed by atoms with van der Waals surface area (Å²) in [7, 11) is 0. The Kier molecular flexibility index (Phi) is 6.29. The molecule has 1 aliphatic rings. The Bertz CT molecular complexity index is 933. The summed E-state index contributed by atoms with van der Waals surface area (Å²) in [5.41, 5.74) is 0.867. The molecule has 0 unspecified atom stereocenters. The van der Waals surface area contributed by atoms with E-state index in [1.807, 2.05) is 13.8 Å². The second kappa shape index (κ2) is 9.05. The molecule has 1 saturated heterocycles. The highest BCUT2D eigenvalue weighted by atomic mass is 16.5. The topological polar surface area (TPSA) is 84.9 Å². The Morgan fingerprint density at radius 1 is 0.897 bits per heavy atom. The zero-order chi connectivity index (χ0) is 20.8. The molecule has 1 aliphatic heterocycles. The molecule has 4 amide bonds. The molecule has 2 aromatic rings. The van der Waals surface area contributed by atoms with E-state index in [2.05, 4.69) is 5.32 Å². The first-order valence-corrected chi connectivity index (χ1v) is 9.40. The molecule has 1 fully saturated rings. The number of nitrogens with zero attached hydrogens (tertiary/aromatic N) is 1. The molecule has 29 heavy (non-hydrogen) atoms. The van der Waals surface area contributed by atoms with E-state index in [1.165, 1.54) is 6.08 Å². The summed E-state index contributed by atoms with van der Waals surface area (Å²) in [5, 5.41) is 2.21. The second-order valence-corrected chi connectivity index (χ2v) is 6.30. The minimum absolute atomic E-state index is 0.125. The largest absolute Gasteiger partial charge is 0.494 e. The van der Waals surface area contributed by atoms with Crippen molar-refractivity contribution >= 4 is 29.6 Å². The number of rotatable bonds is 7. The van der Waals surface area contributed by atoms with Crippen molar-refractivity contribution in [1.82, 2.24) is 5.32 Å². The minimum atomic E-state index is -0.786. The van der Waals surface area contributed by atoms with Crippen molar-refractivity contribution in [3.8, 4) is 11.5 Å². The van der Waals surface area contributed by atoms with Crippen LogP contribution in [-0.4, -0.2) is 31.1 Å². The van der Waals surface area contributed by atoms with Gasteiger partial charge in [0.25, 0.3) is 11.8 Å². The number of barbiturate groups is 1. The predicted molar refractivity (Wildman–Crippen MR) is 109 cm³/mol. The molecule has 7 heteroatoms. The number of amides is 4. The van der Waals surface area contributed by atoms with E-state index < -0.39 is 17.8 Å². The van der Waals surface area contributed by atoms with E-state index in [0.29, 0.717) is 36.0 Å². The number of nitrogens with one attached hydrogen (secondary N) is 1. The maximum absolute atomic E-state index is 12.9. The summed E-state index contributed by atoms with van der Waals surface area (Å²) in [6.45, 7) is 5.00. The van der Waals surface area contributed by atoms with Crippen molar-refractivity contribution in [2.75, 3.05) is 18.1 Å². The molecule has 1 N–H and O–H groups in total. The fourth-order valence-electron chi connectivity index (χ4n) is 2.80. The summed E-state index contributed by atoms with van der Waals surface area (Å²) in [5.74, 6) is -0.0825. The number of carbonyl (C=O) groups excluding carboxylic acids is 3. The molecule has 2 aromatic carbocycles. The average molecular weight is 394 g/mol. The van der Waals surface area contributed by atoms with E-state index >= 15 is 0 Å². The number of anilines is 1. The van der Waals surface area contributed by atoms with Gasteiger partial charge >= 0.3 is 6.03 Å². The van der Waals surface area contributed by atoms with Crippen LogP contribution in [0.2, 0.25) is 0 Å². The van der Waals surface area contributed by atoms with E-state index in [0.717, 1.165) is 11.3 Å². The van der Waals surface area contributed by atoms with Gasteiger partial charge in [-0.1, -0.05) is 19.1 Å². The Balaban J connectivity index is 1.85. The number of imide groups is 2. The lowest BCUT2D eigenvalue weighted by atomic mass is 10.1. The fraction of sp³-hybridized carbons (Fsp3) is 0.227. The quantitative estimate of drug-likeness (QED) is 0.574. The molecule has 0 spiro atoms. The second-order valence-electron chi connectivity index (χ2n) is 6.30. The zero-order valence-electron chi connectivity index (χ0n) is 16.3. The van der Waals surface area contributed by atoms with Crippen LogP contribution in [0.3, 0.4) is 0 Å². The number of carbonyl (C=O) groups is 3. The Morgan fingerprint density at radius 2 is 1.52 bits per heavy atom. The van der Waals surface area contributed by atoms with Crippen LogP contribution >= 0.6 is 0 Å². The van der Waals surface area contributed by atoms with E-state index in [-0.39, 0.29) is 5.57 Å². The van der Waals surface area contributed by atoms with Crippen LogP contribution in [0.15, 0.2) is 54.1 Å². The first-order chi connectivity index (χ1) is 14.0. The first-order valence-electron chi connectivity index (χ1n) is 9.40. The van der Waals surface area contributed by atoms with Gasteiger partial charge in [0.05, 0.1) is 18.9 Å². The van der Waals surface area contributed by atoms with Crippen LogP contribution in [0.25, 0.3) is 6.08 Å². The maximum atomic E-state index is 12.9. The van der Waals surface area contributed by atoms with Gasteiger partial charge in [0.2, 0.25) is 0 Å². The zero-order valence-corrected chi connectivity index (χ0v) is 16.3. The lowest BCUT2D eigenvalue weighted by molar-refractivity contribution is -0.122. The van der Waals surface area contributed by atoms with E-state index in [4.69, 9.17) is 9.47 Å². The number of ether oxygens (including phenoxy) is 2. The summed E-state index contributed by atoms with van der Waals surface area (Å²) in [6, 6.07) is 12.7. The smallest absolute Gasteiger partial charge is 0.335 e. The number of urea groups is 1. The van der Waals surface area contributed by atoms with Gasteiger partial charge in [0.15, 0.2) is 0 Å². The molecule has 0 aromatic heterocycles. The van der Waals surface area contributed by atoms with Gasteiger partial charge in [-0.2, -0.15) is 0 Å². The molecule has 1 heterocycles. The average Bonchev–Trinajstić information content (AvgIpc) is 2.72. The lowest BCUT2D eigenvalue weighted by Gasteiger charge is -2.26. The highest BCUT2D eigenvalue weighted by Crippen LogP contribution is 2.25. The maximum Gasteiger partial charge on any atom is 0.335 e. The first kappa shape index (κ1) is 20.1. The predicted octanol–water partition coefficient (Wildman–Crippen LogP) is 3.54. The van der Waals surface area contributed by atoms with Crippen molar-refractivity contribution in [2.45, 2.75) is 20.3 Å². The van der Waals surface area contributed by atoms with E-state index in [9.17, 15) is 14.4 Å². The van der Waals surface area contributed by atoms with Gasteiger partial charge in [0.1, 0.15) is 17.1 Å². The molecule has 0 saturated carbocycles. The molecule has 0 bridgehead atoms. The van der Waals surface area contributed by atoms with Crippen LogP contribution in [0.4, 0.5) is 10.5 Å². The molecular weight excluding hydrogens is 372 g/mol. The van der Waals surface area contributed by atoms with Crippen LogP contribution < -0.4 is 19.7 Å². The van der Waals surface area contributed by atoms with Gasteiger partial charge in [-0.05, 0) is 61.4 Å². The molecule has 3 rings (SSSR count). The third-order valence-electron chi connectivity index (χ3n) is 4.17. The number of hydrogen-bond acceptors (Lipinski definition) is 5.